The molecule has 0 fully saturated rings. The van der Waals surface area contributed by atoms with Gasteiger partial charge in [0.15, 0.2) is 0 Å². The van der Waals surface area contributed by atoms with Gasteiger partial charge in [-0.05, 0) is 39.8 Å². The summed E-state index contributed by atoms with van der Waals surface area (Å²) in [5.41, 5.74) is 8.82. The van der Waals surface area contributed by atoms with Gasteiger partial charge < -0.3 is 5.73 Å². The van der Waals surface area contributed by atoms with Gasteiger partial charge in [-0.1, -0.05) is 43.2 Å². The lowest BCUT2D eigenvalue weighted by atomic mass is 9.96. The van der Waals surface area contributed by atoms with Crippen LogP contribution in [0.25, 0.3) is 0 Å². The molecule has 0 bridgehead atoms. The summed E-state index contributed by atoms with van der Waals surface area (Å²) in [6.45, 7) is 8.73. The van der Waals surface area contributed by atoms with E-state index in [2.05, 4.69) is 63.9 Å². The van der Waals surface area contributed by atoms with E-state index < -0.39 is 0 Å². The first-order valence-electron chi connectivity index (χ1n) is 7.01. The number of aryl methyl sites for hydroxylation is 1. The SMILES string of the molecule is CCCC(C)N(C)C(c1ccc(C)cc1)C(C)N. The van der Waals surface area contributed by atoms with Crippen LogP contribution in [0.15, 0.2) is 24.3 Å². The summed E-state index contributed by atoms with van der Waals surface area (Å²) in [6, 6.07) is 9.75. The highest BCUT2D eigenvalue weighted by Crippen LogP contribution is 2.25. The molecule has 1 aromatic rings. The zero-order valence-corrected chi connectivity index (χ0v) is 12.5. The fraction of sp³-hybridized carbons (Fsp3) is 0.625. The average Bonchev–Trinajstić information content (AvgIpc) is 2.31. The van der Waals surface area contributed by atoms with E-state index in [1.54, 1.807) is 0 Å². The van der Waals surface area contributed by atoms with Crippen LogP contribution in [0, 0.1) is 6.92 Å². The Balaban J connectivity index is 2.92. The minimum Gasteiger partial charge on any atom is -0.326 e. The highest BCUT2D eigenvalue weighted by molar-refractivity contribution is 5.25. The maximum Gasteiger partial charge on any atom is 0.0496 e. The zero-order valence-electron chi connectivity index (χ0n) is 12.5. The molecule has 0 radical (unpaired) electrons. The Morgan fingerprint density at radius 1 is 1.17 bits per heavy atom. The lowest BCUT2D eigenvalue weighted by molar-refractivity contribution is 0.157. The van der Waals surface area contributed by atoms with Crippen LogP contribution < -0.4 is 5.73 Å². The maximum absolute atomic E-state index is 6.20. The Bertz CT molecular complexity index is 343. The van der Waals surface area contributed by atoms with Gasteiger partial charge in [-0.25, -0.2) is 0 Å². The summed E-state index contributed by atoms with van der Waals surface area (Å²) in [5, 5.41) is 0. The highest BCUT2D eigenvalue weighted by Gasteiger charge is 2.24. The zero-order chi connectivity index (χ0) is 13.7. The Hall–Kier alpha value is -0.860. The van der Waals surface area contributed by atoms with Crippen LogP contribution in [0.3, 0.4) is 0 Å². The average molecular weight is 248 g/mol. The van der Waals surface area contributed by atoms with Crippen molar-refractivity contribution in [2.45, 2.75) is 58.7 Å². The molecule has 1 rings (SSSR count). The molecule has 2 nitrogen and oxygen atoms in total. The lowest BCUT2D eigenvalue weighted by Gasteiger charge is -2.36. The summed E-state index contributed by atoms with van der Waals surface area (Å²) in [6.07, 6.45) is 2.43. The van der Waals surface area contributed by atoms with E-state index in [4.69, 9.17) is 5.73 Å². The normalized spacial score (nSPS) is 16.6. The molecule has 0 saturated heterocycles. The Morgan fingerprint density at radius 2 is 1.72 bits per heavy atom. The third-order valence-corrected chi connectivity index (χ3v) is 3.76. The predicted molar refractivity (Wildman–Crippen MR) is 79.7 cm³/mol. The molecule has 0 aromatic heterocycles. The third-order valence-electron chi connectivity index (χ3n) is 3.76. The molecule has 0 aliphatic carbocycles. The van der Waals surface area contributed by atoms with E-state index in [0.717, 1.165) is 0 Å². The van der Waals surface area contributed by atoms with Crippen molar-refractivity contribution in [3.05, 3.63) is 35.4 Å². The van der Waals surface area contributed by atoms with E-state index in [1.165, 1.54) is 24.0 Å². The molecule has 3 atom stereocenters. The van der Waals surface area contributed by atoms with Gasteiger partial charge in [-0.2, -0.15) is 0 Å². The number of nitrogens with two attached hydrogens (primary N) is 1. The van der Waals surface area contributed by atoms with E-state index in [0.29, 0.717) is 12.1 Å². The fourth-order valence-electron chi connectivity index (χ4n) is 2.57. The van der Waals surface area contributed by atoms with Crippen LogP contribution in [0.5, 0.6) is 0 Å². The van der Waals surface area contributed by atoms with Crippen molar-refractivity contribution in [1.29, 1.82) is 0 Å². The first-order chi connectivity index (χ1) is 8.47. The molecule has 2 heteroatoms. The van der Waals surface area contributed by atoms with Gasteiger partial charge >= 0.3 is 0 Å². The first-order valence-corrected chi connectivity index (χ1v) is 7.01. The van der Waals surface area contributed by atoms with Crippen molar-refractivity contribution in [3.63, 3.8) is 0 Å². The van der Waals surface area contributed by atoms with E-state index in [9.17, 15) is 0 Å². The topological polar surface area (TPSA) is 29.3 Å². The minimum atomic E-state index is 0.136. The predicted octanol–water partition coefficient (Wildman–Crippen LogP) is 3.50. The van der Waals surface area contributed by atoms with Crippen LogP contribution >= 0.6 is 0 Å². The summed E-state index contributed by atoms with van der Waals surface area (Å²) in [4.78, 5) is 2.42. The molecule has 0 saturated carbocycles. The third kappa shape index (κ3) is 3.82. The van der Waals surface area contributed by atoms with Crippen LogP contribution in [0.1, 0.15) is 50.8 Å². The second-order valence-corrected chi connectivity index (χ2v) is 5.52. The number of benzene rings is 1. The largest absolute Gasteiger partial charge is 0.326 e. The molecular weight excluding hydrogens is 220 g/mol. The monoisotopic (exact) mass is 248 g/mol. The van der Waals surface area contributed by atoms with Gasteiger partial charge in [0, 0.05) is 18.1 Å². The van der Waals surface area contributed by atoms with Gasteiger partial charge in [0.25, 0.3) is 0 Å². The minimum absolute atomic E-state index is 0.136. The van der Waals surface area contributed by atoms with Gasteiger partial charge in [-0.15, -0.1) is 0 Å². The quantitative estimate of drug-likeness (QED) is 0.835. The van der Waals surface area contributed by atoms with Crippen LogP contribution in [-0.2, 0) is 0 Å². The summed E-state index contributed by atoms with van der Waals surface area (Å²) in [7, 11) is 2.19. The molecular formula is C16H28N2. The van der Waals surface area contributed by atoms with Gasteiger partial charge in [0.05, 0.1) is 0 Å². The molecule has 0 spiro atoms. The van der Waals surface area contributed by atoms with Crippen molar-refractivity contribution in [1.82, 2.24) is 4.90 Å². The van der Waals surface area contributed by atoms with Gasteiger partial charge in [0.2, 0.25) is 0 Å². The molecule has 0 aliphatic rings. The summed E-state index contributed by atoms with van der Waals surface area (Å²) >= 11 is 0. The molecule has 0 aliphatic heterocycles. The van der Waals surface area contributed by atoms with Crippen molar-refractivity contribution < 1.29 is 0 Å². The molecule has 2 N–H and O–H groups in total. The first kappa shape index (κ1) is 15.2. The highest BCUT2D eigenvalue weighted by atomic mass is 15.2. The molecule has 1 aromatic carbocycles. The molecule has 18 heavy (non-hydrogen) atoms. The number of rotatable bonds is 6. The van der Waals surface area contributed by atoms with Crippen molar-refractivity contribution >= 4 is 0 Å². The van der Waals surface area contributed by atoms with E-state index in [-0.39, 0.29) is 6.04 Å². The number of hydrogen-bond acceptors (Lipinski definition) is 2. The Kier molecular flexibility index (Phi) is 5.83. The van der Waals surface area contributed by atoms with Crippen molar-refractivity contribution in [3.8, 4) is 0 Å². The molecule has 0 amide bonds. The van der Waals surface area contributed by atoms with Crippen LogP contribution in [0.4, 0.5) is 0 Å². The standard InChI is InChI=1S/C16H28N2/c1-6-7-13(3)18(5)16(14(4)17)15-10-8-12(2)9-11-15/h8-11,13-14,16H,6-7,17H2,1-5H3. The number of likely N-dealkylation sites (N-methyl/N-ethyl adjacent to an activating group) is 1. The number of hydrogen-bond donors (Lipinski definition) is 1. The van der Waals surface area contributed by atoms with E-state index in [1.807, 2.05) is 0 Å². The van der Waals surface area contributed by atoms with Crippen LogP contribution in [0.2, 0.25) is 0 Å². The fourth-order valence-corrected chi connectivity index (χ4v) is 2.57. The van der Waals surface area contributed by atoms with Crippen LogP contribution in [-0.4, -0.2) is 24.0 Å². The van der Waals surface area contributed by atoms with Gasteiger partial charge in [-0.3, -0.25) is 4.90 Å². The smallest absolute Gasteiger partial charge is 0.0496 e. The summed E-state index contributed by atoms with van der Waals surface area (Å²) < 4.78 is 0. The molecule has 3 unspecified atom stereocenters. The Morgan fingerprint density at radius 3 is 2.17 bits per heavy atom. The maximum atomic E-state index is 6.20. The van der Waals surface area contributed by atoms with Crippen molar-refractivity contribution in [2.75, 3.05) is 7.05 Å². The Labute approximate surface area is 112 Å². The van der Waals surface area contributed by atoms with Gasteiger partial charge in [0.1, 0.15) is 0 Å². The summed E-state index contributed by atoms with van der Waals surface area (Å²) in [5.74, 6) is 0. The second-order valence-electron chi connectivity index (χ2n) is 5.52. The van der Waals surface area contributed by atoms with E-state index >= 15 is 0 Å². The second kappa shape index (κ2) is 6.91. The molecule has 0 heterocycles. The molecule has 102 valence electrons. The lowest BCUT2D eigenvalue weighted by Crippen LogP contribution is -2.41. The van der Waals surface area contributed by atoms with Crippen molar-refractivity contribution in [2.24, 2.45) is 5.73 Å². The number of nitrogens with zero attached hydrogens (tertiary/aromatic N) is 1.